The van der Waals surface area contributed by atoms with Gasteiger partial charge in [0.15, 0.2) is 6.29 Å². The summed E-state index contributed by atoms with van der Waals surface area (Å²) in [5.41, 5.74) is -1.38. The first-order chi connectivity index (χ1) is 7.07. The van der Waals surface area contributed by atoms with Crippen molar-refractivity contribution in [2.75, 3.05) is 6.61 Å². The lowest BCUT2D eigenvalue weighted by Gasteiger charge is -2.25. The number of aliphatic hydroxyl groups is 4. The molecule has 15 heavy (non-hydrogen) atoms. The summed E-state index contributed by atoms with van der Waals surface area (Å²) < 4.78 is 4.99. The number of hydrogen-bond donors (Lipinski definition) is 4. The molecular weight excluding hydrogens is 200 g/mol. The maximum atomic E-state index is 9.63. The molecule has 0 aromatic carbocycles. The fraction of sp³-hybridized carbons (Fsp3) is 0.800. The molecule has 5 nitrogen and oxygen atoms in total. The van der Waals surface area contributed by atoms with Gasteiger partial charge in [0.05, 0.1) is 6.61 Å². The zero-order valence-corrected chi connectivity index (χ0v) is 8.71. The van der Waals surface area contributed by atoms with Crippen LogP contribution < -0.4 is 0 Å². The van der Waals surface area contributed by atoms with E-state index in [0.29, 0.717) is 0 Å². The molecule has 4 N–H and O–H groups in total. The summed E-state index contributed by atoms with van der Waals surface area (Å²) in [6.07, 6.45) is 0.807. The van der Waals surface area contributed by atoms with Crippen LogP contribution in [0.3, 0.4) is 0 Å². The van der Waals surface area contributed by atoms with Crippen LogP contribution >= 0.6 is 0 Å². The Bertz CT molecular complexity index is 230. The van der Waals surface area contributed by atoms with E-state index < -0.39 is 30.7 Å². The number of aliphatic hydroxyl groups excluding tert-OH is 4. The Balaban J connectivity index is 2.77. The standard InChI is InChI=1S/C10H18O5/c1-2-3-4-5-10(6-11)8(13)7(12)9(14)15-10/h4-5,7-9,11-14H,2-3,6H2,1H3/t7-,8-,9+,10-/m1/s1. The van der Waals surface area contributed by atoms with Gasteiger partial charge in [0, 0.05) is 0 Å². The third-order valence-corrected chi connectivity index (χ3v) is 2.56. The SMILES string of the molecule is CCCC=C[C@]1(CO)O[C@H](O)[C@H](O)[C@H]1O. The lowest BCUT2D eigenvalue weighted by molar-refractivity contribution is -0.156. The number of allylic oxidation sites excluding steroid dienone is 1. The minimum Gasteiger partial charge on any atom is -0.393 e. The second-order valence-corrected chi connectivity index (χ2v) is 3.75. The van der Waals surface area contributed by atoms with Crippen LogP contribution in [0.5, 0.6) is 0 Å². The van der Waals surface area contributed by atoms with Crippen LogP contribution in [-0.2, 0) is 4.74 Å². The summed E-state index contributed by atoms with van der Waals surface area (Å²) in [6, 6.07) is 0. The van der Waals surface area contributed by atoms with Gasteiger partial charge in [-0.15, -0.1) is 0 Å². The Labute approximate surface area is 88.6 Å². The van der Waals surface area contributed by atoms with E-state index in [1.54, 1.807) is 6.08 Å². The zero-order valence-electron chi connectivity index (χ0n) is 8.71. The lowest BCUT2D eigenvalue weighted by atomic mass is 9.95. The molecule has 0 saturated carbocycles. The molecule has 1 saturated heterocycles. The molecule has 0 bridgehead atoms. The van der Waals surface area contributed by atoms with Gasteiger partial charge in [-0.25, -0.2) is 0 Å². The molecule has 5 heteroatoms. The number of unbranched alkanes of at least 4 members (excludes halogenated alkanes) is 1. The van der Waals surface area contributed by atoms with E-state index in [9.17, 15) is 15.3 Å². The molecule has 0 aliphatic carbocycles. The summed E-state index contributed by atoms with van der Waals surface area (Å²) in [5.74, 6) is 0. The average Bonchev–Trinajstić information content (AvgIpc) is 2.44. The Kier molecular flexibility index (Phi) is 4.24. The van der Waals surface area contributed by atoms with Crippen molar-refractivity contribution in [3.63, 3.8) is 0 Å². The molecule has 1 aliphatic heterocycles. The van der Waals surface area contributed by atoms with Crippen molar-refractivity contribution in [2.45, 2.75) is 43.9 Å². The van der Waals surface area contributed by atoms with Crippen LogP contribution in [0.1, 0.15) is 19.8 Å². The molecular formula is C10H18O5. The monoisotopic (exact) mass is 218 g/mol. The second-order valence-electron chi connectivity index (χ2n) is 3.75. The topological polar surface area (TPSA) is 90.2 Å². The Hall–Kier alpha value is -0.460. The van der Waals surface area contributed by atoms with Crippen molar-refractivity contribution < 1.29 is 25.2 Å². The van der Waals surface area contributed by atoms with Crippen molar-refractivity contribution in [3.05, 3.63) is 12.2 Å². The normalized spacial score (nSPS) is 41.5. The van der Waals surface area contributed by atoms with E-state index in [0.717, 1.165) is 12.8 Å². The first-order valence-corrected chi connectivity index (χ1v) is 5.08. The Morgan fingerprint density at radius 3 is 2.40 bits per heavy atom. The van der Waals surface area contributed by atoms with Gasteiger partial charge in [-0.2, -0.15) is 0 Å². The zero-order chi connectivity index (χ0) is 11.5. The second kappa shape index (κ2) is 5.05. The van der Waals surface area contributed by atoms with Gasteiger partial charge in [-0.3, -0.25) is 0 Å². The van der Waals surface area contributed by atoms with E-state index >= 15 is 0 Å². The maximum absolute atomic E-state index is 9.63. The smallest absolute Gasteiger partial charge is 0.184 e. The third kappa shape index (κ3) is 2.38. The molecule has 0 aromatic rings. The summed E-state index contributed by atoms with van der Waals surface area (Å²) in [6.45, 7) is 1.51. The van der Waals surface area contributed by atoms with Gasteiger partial charge in [0.2, 0.25) is 0 Å². The highest BCUT2D eigenvalue weighted by molar-refractivity contribution is 5.12. The highest BCUT2D eigenvalue weighted by Gasteiger charge is 2.51. The van der Waals surface area contributed by atoms with Gasteiger partial charge in [-0.1, -0.05) is 25.5 Å². The Morgan fingerprint density at radius 2 is 2.00 bits per heavy atom. The van der Waals surface area contributed by atoms with Crippen molar-refractivity contribution in [2.24, 2.45) is 0 Å². The van der Waals surface area contributed by atoms with E-state index in [1.807, 2.05) is 6.92 Å². The number of rotatable bonds is 4. The van der Waals surface area contributed by atoms with E-state index in [4.69, 9.17) is 9.84 Å². The van der Waals surface area contributed by atoms with Crippen molar-refractivity contribution in [1.82, 2.24) is 0 Å². The van der Waals surface area contributed by atoms with Crippen LogP contribution in [0.15, 0.2) is 12.2 Å². The van der Waals surface area contributed by atoms with Crippen molar-refractivity contribution in [3.8, 4) is 0 Å². The first-order valence-electron chi connectivity index (χ1n) is 5.08. The summed E-state index contributed by atoms with van der Waals surface area (Å²) >= 11 is 0. The minimum absolute atomic E-state index is 0.484. The molecule has 0 aromatic heterocycles. The van der Waals surface area contributed by atoms with Crippen LogP contribution in [0.25, 0.3) is 0 Å². The molecule has 88 valence electrons. The largest absolute Gasteiger partial charge is 0.393 e. The molecule has 1 heterocycles. The van der Waals surface area contributed by atoms with E-state index in [2.05, 4.69) is 0 Å². The van der Waals surface area contributed by atoms with Gasteiger partial charge >= 0.3 is 0 Å². The fourth-order valence-corrected chi connectivity index (χ4v) is 1.58. The summed E-state index contributed by atoms with van der Waals surface area (Å²) in [7, 11) is 0. The average molecular weight is 218 g/mol. The molecule has 0 spiro atoms. The van der Waals surface area contributed by atoms with Crippen LogP contribution in [0, 0.1) is 0 Å². The molecule has 1 aliphatic rings. The van der Waals surface area contributed by atoms with Crippen molar-refractivity contribution >= 4 is 0 Å². The fourth-order valence-electron chi connectivity index (χ4n) is 1.58. The van der Waals surface area contributed by atoms with E-state index in [-0.39, 0.29) is 0 Å². The maximum Gasteiger partial charge on any atom is 0.184 e. The molecule has 0 unspecified atom stereocenters. The number of hydrogen-bond acceptors (Lipinski definition) is 5. The number of ether oxygens (including phenoxy) is 1. The van der Waals surface area contributed by atoms with Crippen LogP contribution in [-0.4, -0.2) is 51.1 Å². The highest BCUT2D eigenvalue weighted by atomic mass is 16.7. The Morgan fingerprint density at radius 1 is 1.33 bits per heavy atom. The van der Waals surface area contributed by atoms with Gasteiger partial charge in [-0.05, 0) is 6.42 Å². The molecule has 4 atom stereocenters. The summed E-state index contributed by atoms with van der Waals surface area (Å²) in [5, 5.41) is 37.3. The molecule has 1 fully saturated rings. The minimum atomic E-state index is -1.46. The lowest BCUT2D eigenvalue weighted by Crippen LogP contribution is -2.44. The van der Waals surface area contributed by atoms with Gasteiger partial charge < -0.3 is 25.2 Å². The highest BCUT2D eigenvalue weighted by Crippen LogP contribution is 2.31. The van der Waals surface area contributed by atoms with Crippen LogP contribution in [0.2, 0.25) is 0 Å². The van der Waals surface area contributed by atoms with E-state index in [1.165, 1.54) is 6.08 Å². The van der Waals surface area contributed by atoms with Gasteiger partial charge in [0.1, 0.15) is 17.8 Å². The predicted octanol–water partition coefficient (Wildman–Crippen LogP) is -0.856. The predicted molar refractivity (Wildman–Crippen MR) is 53.0 cm³/mol. The van der Waals surface area contributed by atoms with Crippen LogP contribution in [0.4, 0.5) is 0 Å². The quantitative estimate of drug-likeness (QED) is 0.461. The third-order valence-electron chi connectivity index (χ3n) is 2.56. The molecule has 0 radical (unpaired) electrons. The van der Waals surface area contributed by atoms with Crippen molar-refractivity contribution in [1.29, 1.82) is 0 Å². The summed E-state index contributed by atoms with van der Waals surface area (Å²) in [4.78, 5) is 0. The molecule has 1 rings (SSSR count). The molecule has 0 amide bonds. The van der Waals surface area contributed by atoms with Gasteiger partial charge in [0.25, 0.3) is 0 Å². The first kappa shape index (κ1) is 12.6.